The molecule has 1 aromatic rings. The van der Waals surface area contributed by atoms with E-state index < -0.39 is 0 Å². The van der Waals surface area contributed by atoms with Gasteiger partial charge in [0, 0.05) is 11.1 Å². The fourth-order valence-electron chi connectivity index (χ4n) is 2.02. The van der Waals surface area contributed by atoms with E-state index in [0.717, 1.165) is 24.9 Å². The van der Waals surface area contributed by atoms with Crippen LogP contribution in [0.5, 0.6) is 0 Å². The third kappa shape index (κ3) is 4.64. The SMILES string of the molecule is CCCNC(C)CC(C)c1cc(F)ccc1Cl. The molecule has 17 heavy (non-hydrogen) atoms. The highest BCUT2D eigenvalue weighted by Crippen LogP contribution is 2.28. The van der Waals surface area contributed by atoms with Crippen molar-refractivity contribution in [3.63, 3.8) is 0 Å². The smallest absolute Gasteiger partial charge is 0.123 e. The van der Waals surface area contributed by atoms with Crippen LogP contribution < -0.4 is 5.32 Å². The van der Waals surface area contributed by atoms with Gasteiger partial charge >= 0.3 is 0 Å². The van der Waals surface area contributed by atoms with Crippen LogP contribution in [0.2, 0.25) is 5.02 Å². The van der Waals surface area contributed by atoms with E-state index in [2.05, 4.69) is 26.1 Å². The Morgan fingerprint density at radius 1 is 1.35 bits per heavy atom. The number of nitrogens with one attached hydrogen (secondary N) is 1. The molecule has 1 nitrogen and oxygen atoms in total. The Morgan fingerprint density at radius 2 is 2.06 bits per heavy atom. The van der Waals surface area contributed by atoms with Crippen molar-refractivity contribution in [2.24, 2.45) is 0 Å². The van der Waals surface area contributed by atoms with Crippen molar-refractivity contribution in [1.82, 2.24) is 5.32 Å². The minimum absolute atomic E-state index is 0.217. The van der Waals surface area contributed by atoms with Gasteiger partial charge in [-0.25, -0.2) is 4.39 Å². The first-order chi connectivity index (χ1) is 8.04. The molecule has 0 spiro atoms. The van der Waals surface area contributed by atoms with Crippen molar-refractivity contribution in [2.45, 2.75) is 45.6 Å². The second-order valence-electron chi connectivity index (χ2n) is 4.66. The van der Waals surface area contributed by atoms with Crippen LogP contribution >= 0.6 is 11.6 Å². The molecule has 96 valence electrons. The van der Waals surface area contributed by atoms with Gasteiger partial charge in [0.2, 0.25) is 0 Å². The molecule has 0 amide bonds. The van der Waals surface area contributed by atoms with Crippen LogP contribution in [-0.4, -0.2) is 12.6 Å². The van der Waals surface area contributed by atoms with Gasteiger partial charge in [0.05, 0.1) is 0 Å². The maximum Gasteiger partial charge on any atom is 0.123 e. The quantitative estimate of drug-likeness (QED) is 0.798. The van der Waals surface area contributed by atoms with E-state index in [1.807, 2.05) is 0 Å². The highest BCUT2D eigenvalue weighted by Gasteiger charge is 2.13. The zero-order valence-corrected chi connectivity index (χ0v) is 11.5. The Kier molecular flexibility index (Phi) is 5.93. The summed E-state index contributed by atoms with van der Waals surface area (Å²) in [7, 11) is 0. The summed E-state index contributed by atoms with van der Waals surface area (Å²) in [6.07, 6.45) is 2.09. The minimum Gasteiger partial charge on any atom is -0.314 e. The lowest BCUT2D eigenvalue weighted by Gasteiger charge is -2.19. The van der Waals surface area contributed by atoms with Gasteiger partial charge in [0.15, 0.2) is 0 Å². The molecule has 0 saturated heterocycles. The van der Waals surface area contributed by atoms with Gasteiger partial charge in [-0.1, -0.05) is 25.4 Å². The van der Waals surface area contributed by atoms with E-state index in [4.69, 9.17) is 11.6 Å². The number of halogens is 2. The monoisotopic (exact) mass is 257 g/mol. The van der Waals surface area contributed by atoms with Crippen LogP contribution in [0, 0.1) is 5.82 Å². The average molecular weight is 258 g/mol. The third-order valence-electron chi connectivity index (χ3n) is 2.94. The van der Waals surface area contributed by atoms with Crippen LogP contribution in [0.4, 0.5) is 4.39 Å². The number of rotatable bonds is 6. The topological polar surface area (TPSA) is 12.0 Å². The summed E-state index contributed by atoms with van der Waals surface area (Å²) in [5.74, 6) is 0.0444. The highest BCUT2D eigenvalue weighted by molar-refractivity contribution is 6.31. The predicted molar refractivity (Wildman–Crippen MR) is 72.2 cm³/mol. The summed E-state index contributed by atoms with van der Waals surface area (Å²) in [6, 6.07) is 4.99. The van der Waals surface area contributed by atoms with Crippen molar-refractivity contribution >= 4 is 11.6 Å². The Morgan fingerprint density at radius 3 is 2.71 bits per heavy atom. The number of benzene rings is 1. The first-order valence-corrected chi connectivity index (χ1v) is 6.60. The van der Waals surface area contributed by atoms with E-state index in [0.29, 0.717) is 11.1 Å². The molecule has 0 aromatic heterocycles. The van der Waals surface area contributed by atoms with Crippen LogP contribution in [0.15, 0.2) is 18.2 Å². The Hall–Kier alpha value is -0.600. The van der Waals surface area contributed by atoms with E-state index in [1.165, 1.54) is 6.07 Å². The molecule has 1 N–H and O–H groups in total. The molecule has 0 bridgehead atoms. The zero-order valence-electron chi connectivity index (χ0n) is 10.8. The summed E-state index contributed by atoms with van der Waals surface area (Å²) >= 11 is 6.09. The van der Waals surface area contributed by atoms with Crippen LogP contribution in [0.3, 0.4) is 0 Å². The molecule has 0 aliphatic heterocycles. The molecule has 0 heterocycles. The fourth-order valence-corrected chi connectivity index (χ4v) is 2.33. The summed E-state index contributed by atoms with van der Waals surface area (Å²) in [5, 5.41) is 4.08. The normalized spacial score (nSPS) is 14.6. The van der Waals surface area contributed by atoms with Gasteiger partial charge in [-0.3, -0.25) is 0 Å². The zero-order chi connectivity index (χ0) is 12.8. The molecule has 0 radical (unpaired) electrons. The Bertz CT molecular complexity index is 354. The second kappa shape index (κ2) is 6.97. The summed E-state index contributed by atoms with van der Waals surface area (Å²) in [5.41, 5.74) is 0.900. The van der Waals surface area contributed by atoms with Gasteiger partial charge in [-0.2, -0.15) is 0 Å². The van der Waals surface area contributed by atoms with Crippen LogP contribution in [0.1, 0.15) is 45.1 Å². The number of hydrogen-bond donors (Lipinski definition) is 1. The maximum absolute atomic E-state index is 13.2. The summed E-state index contributed by atoms with van der Waals surface area (Å²) in [4.78, 5) is 0. The van der Waals surface area contributed by atoms with Crippen molar-refractivity contribution in [2.75, 3.05) is 6.54 Å². The van der Waals surface area contributed by atoms with Crippen molar-refractivity contribution in [3.8, 4) is 0 Å². The highest BCUT2D eigenvalue weighted by atomic mass is 35.5. The fraction of sp³-hybridized carbons (Fsp3) is 0.571. The van der Waals surface area contributed by atoms with Gasteiger partial charge in [0.1, 0.15) is 5.82 Å². The lowest BCUT2D eigenvalue weighted by Crippen LogP contribution is -2.28. The van der Waals surface area contributed by atoms with Gasteiger partial charge in [-0.05, 0) is 56.0 Å². The molecule has 3 heteroatoms. The molecule has 1 rings (SSSR count). The number of hydrogen-bond acceptors (Lipinski definition) is 1. The molecule has 1 aromatic carbocycles. The van der Waals surface area contributed by atoms with Gasteiger partial charge in [-0.15, -0.1) is 0 Å². The molecular formula is C14H21ClFN. The molecule has 0 aliphatic carbocycles. The van der Waals surface area contributed by atoms with E-state index in [9.17, 15) is 4.39 Å². The molecule has 0 fully saturated rings. The molecule has 2 unspecified atom stereocenters. The van der Waals surface area contributed by atoms with Crippen molar-refractivity contribution in [3.05, 3.63) is 34.6 Å². The van der Waals surface area contributed by atoms with Crippen molar-refractivity contribution < 1.29 is 4.39 Å². The minimum atomic E-state index is -0.217. The largest absolute Gasteiger partial charge is 0.314 e. The third-order valence-corrected chi connectivity index (χ3v) is 3.28. The van der Waals surface area contributed by atoms with E-state index >= 15 is 0 Å². The van der Waals surface area contributed by atoms with Crippen LogP contribution in [0.25, 0.3) is 0 Å². The Balaban J connectivity index is 2.62. The molecule has 2 atom stereocenters. The standard InChI is InChI=1S/C14H21ClFN/c1-4-7-17-11(3)8-10(2)13-9-12(16)5-6-14(13)15/h5-6,9-11,17H,4,7-8H2,1-3H3. The van der Waals surface area contributed by atoms with E-state index in [-0.39, 0.29) is 11.7 Å². The summed E-state index contributed by atoms with van der Waals surface area (Å²) in [6.45, 7) is 7.40. The first kappa shape index (κ1) is 14.5. The van der Waals surface area contributed by atoms with Gasteiger partial charge in [0.25, 0.3) is 0 Å². The van der Waals surface area contributed by atoms with Crippen molar-refractivity contribution in [1.29, 1.82) is 0 Å². The van der Waals surface area contributed by atoms with Gasteiger partial charge < -0.3 is 5.32 Å². The lowest BCUT2D eigenvalue weighted by atomic mass is 9.94. The lowest BCUT2D eigenvalue weighted by molar-refractivity contribution is 0.478. The second-order valence-corrected chi connectivity index (χ2v) is 5.06. The first-order valence-electron chi connectivity index (χ1n) is 6.23. The van der Waals surface area contributed by atoms with E-state index in [1.54, 1.807) is 12.1 Å². The molecule has 0 aliphatic rings. The molecular weight excluding hydrogens is 237 g/mol. The summed E-state index contributed by atoms with van der Waals surface area (Å²) < 4.78 is 13.2. The van der Waals surface area contributed by atoms with Crippen LogP contribution in [-0.2, 0) is 0 Å². The molecule has 0 saturated carbocycles. The Labute approximate surface area is 108 Å². The average Bonchev–Trinajstić information content (AvgIpc) is 2.29. The predicted octanol–water partition coefficient (Wildman–Crippen LogP) is 4.36. The maximum atomic E-state index is 13.2.